The SMILES string of the molecule is CC(C)(c1ccc(O)c(C(=O)O)c1)c1ccc(O)c(C(=O)O)c1. The van der Waals surface area contributed by atoms with Gasteiger partial charge in [-0.2, -0.15) is 0 Å². The number of phenols is 2. The first kappa shape index (κ1) is 16.4. The highest BCUT2D eigenvalue weighted by molar-refractivity contribution is 5.92. The second kappa shape index (κ2) is 5.64. The highest BCUT2D eigenvalue weighted by Crippen LogP contribution is 2.35. The Hall–Kier alpha value is -3.02. The monoisotopic (exact) mass is 316 g/mol. The van der Waals surface area contributed by atoms with Crippen molar-refractivity contribution in [3.63, 3.8) is 0 Å². The van der Waals surface area contributed by atoms with Crippen molar-refractivity contribution in [2.75, 3.05) is 0 Å². The third-order valence-electron chi connectivity index (χ3n) is 3.90. The van der Waals surface area contributed by atoms with Crippen molar-refractivity contribution in [3.8, 4) is 11.5 Å². The largest absolute Gasteiger partial charge is 0.507 e. The van der Waals surface area contributed by atoms with Crippen molar-refractivity contribution < 1.29 is 30.0 Å². The maximum atomic E-state index is 11.2. The maximum absolute atomic E-state index is 11.2. The first-order valence-corrected chi connectivity index (χ1v) is 6.78. The van der Waals surface area contributed by atoms with Gasteiger partial charge < -0.3 is 20.4 Å². The fourth-order valence-corrected chi connectivity index (χ4v) is 2.36. The van der Waals surface area contributed by atoms with E-state index in [4.69, 9.17) is 10.2 Å². The van der Waals surface area contributed by atoms with E-state index in [2.05, 4.69) is 0 Å². The summed E-state index contributed by atoms with van der Waals surface area (Å²) in [4.78, 5) is 22.3. The number of carbonyl (C=O) groups is 2. The molecule has 2 aromatic carbocycles. The summed E-state index contributed by atoms with van der Waals surface area (Å²) in [7, 11) is 0. The maximum Gasteiger partial charge on any atom is 0.339 e. The molecule has 0 bridgehead atoms. The van der Waals surface area contributed by atoms with Gasteiger partial charge in [0.05, 0.1) is 0 Å². The van der Waals surface area contributed by atoms with E-state index in [0.717, 1.165) is 0 Å². The fraction of sp³-hybridized carbons (Fsp3) is 0.176. The molecule has 6 heteroatoms. The Kier molecular flexibility index (Phi) is 4.01. The van der Waals surface area contributed by atoms with Gasteiger partial charge in [-0.05, 0) is 35.4 Å². The molecule has 2 aromatic rings. The van der Waals surface area contributed by atoms with Crippen molar-refractivity contribution >= 4 is 11.9 Å². The van der Waals surface area contributed by atoms with Crippen molar-refractivity contribution in [1.29, 1.82) is 0 Å². The molecule has 0 amide bonds. The van der Waals surface area contributed by atoms with Crippen LogP contribution in [0.1, 0.15) is 45.7 Å². The first-order valence-electron chi connectivity index (χ1n) is 6.78. The Balaban J connectivity index is 2.58. The zero-order valence-corrected chi connectivity index (χ0v) is 12.6. The molecular formula is C17H16O6. The number of aromatic hydroxyl groups is 2. The molecule has 0 heterocycles. The minimum Gasteiger partial charge on any atom is -0.507 e. The molecule has 0 fully saturated rings. The van der Waals surface area contributed by atoms with E-state index in [1.165, 1.54) is 24.3 Å². The van der Waals surface area contributed by atoms with Crippen LogP contribution in [0, 0.1) is 0 Å². The van der Waals surface area contributed by atoms with Gasteiger partial charge in [0, 0.05) is 5.41 Å². The standard InChI is InChI=1S/C17H16O6/c1-17(2,9-3-5-13(18)11(7-9)15(20)21)10-4-6-14(19)12(8-10)16(22)23/h3-8,18-19H,1-2H3,(H,20,21)(H,22,23). The molecule has 0 saturated heterocycles. The first-order chi connectivity index (χ1) is 10.6. The highest BCUT2D eigenvalue weighted by Gasteiger charge is 2.27. The van der Waals surface area contributed by atoms with E-state index in [0.29, 0.717) is 11.1 Å². The number of rotatable bonds is 4. The highest BCUT2D eigenvalue weighted by atomic mass is 16.4. The Morgan fingerprint density at radius 1 is 0.783 bits per heavy atom. The van der Waals surface area contributed by atoms with Crippen LogP contribution in [0.15, 0.2) is 36.4 Å². The quantitative estimate of drug-likeness (QED) is 0.689. The summed E-state index contributed by atoms with van der Waals surface area (Å²) in [5, 5.41) is 37.4. The average molecular weight is 316 g/mol. The summed E-state index contributed by atoms with van der Waals surface area (Å²) in [6, 6.07) is 8.44. The summed E-state index contributed by atoms with van der Waals surface area (Å²) >= 11 is 0. The molecule has 23 heavy (non-hydrogen) atoms. The topological polar surface area (TPSA) is 115 Å². The summed E-state index contributed by atoms with van der Waals surface area (Å²) < 4.78 is 0. The van der Waals surface area contributed by atoms with Gasteiger partial charge in [-0.15, -0.1) is 0 Å². The normalized spacial score (nSPS) is 11.2. The van der Waals surface area contributed by atoms with Crippen molar-refractivity contribution in [2.24, 2.45) is 0 Å². The molecule has 4 N–H and O–H groups in total. The molecule has 0 saturated carbocycles. The number of carboxylic acids is 2. The van der Waals surface area contributed by atoms with Crippen molar-refractivity contribution in [2.45, 2.75) is 19.3 Å². The zero-order valence-electron chi connectivity index (χ0n) is 12.6. The Morgan fingerprint density at radius 3 is 1.43 bits per heavy atom. The van der Waals surface area contributed by atoms with Crippen LogP contribution < -0.4 is 0 Å². The lowest BCUT2D eigenvalue weighted by molar-refractivity contribution is 0.0682. The van der Waals surface area contributed by atoms with E-state index in [9.17, 15) is 19.8 Å². The second-order valence-electron chi connectivity index (χ2n) is 5.70. The zero-order chi connectivity index (χ0) is 17.4. The lowest BCUT2D eigenvalue weighted by atomic mass is 9.77. The predicted molar refractivity (Wildman–Crippen MR) is 82.3 cm³/mol. The lowest BCUT2D eigenvalue weighted by Gasteiger charge is -2.27. The van der Waals surface area contributed by atoms with Gasteiger partial charge in [-0.3, -0.25) is 0 Å². The Bertz CT molecular complexity index is 726. The van der Waals surface area contributed by atoms with E-state index in [-0.39, 0.29) is 22.6 Å². The Labute approximate surface area is 132 Å². The van der Waals surface area contributed by atoms with Crippen LogP contribution in [-0.4, -0.2) is 32.4 Å². The number of hydrogen-bond donors (Lipinski definition) is 4. The summed E-state index contributed by atoms with van der Waals surface area (Å²) in [5.74, 6) is -3.18. The van der Waals surface area contributed by atoms with Gasteiger partial charge in [0.1, 0.15) is 22.6 Å². The molecule has 0 aliphatic heterocycles. The number of aromatic carboxylic acids is 2. The molecule has 120 valence electrons. The van der Waals surface area contributed by atoms with Gasteiger partial charge in [0.2, 0.25) is 0 Å². The predicted octanol–water partition coefficient (Wildman–Crippen LogP) is 2.82. The van der Waals surface area contributed by atoms with Crippen LogP contribution in [0.2, 0.25) is 0 Å². The summed E-state index contributed by atoms with van der Waals surface area (Å²) in [6.07, 6.45) is 0. The third-order valence-corrected chi connectivity index (χ3v) is 3.90. The second-order valence-corrected chi connectivity index (χ2v) is 5.70. The molecule has 0 aromatic heterocycles. The van der Waals surface area contributed by atoms with Crippen LogP contribution in [-0.2, 0) is 5.41 Å². The van der Waals surface area contributed by atoms with Crippen LogP contribution in [0.3, 0.4) is 0 Å². The van der Waals surface area contributed by atoms with Crippen molar-refractivity contribution in [1.82, 2.24) is 0 Å². The van der Waals surface area contributed by atoms with Gasteiger partial charge in [-0.25, -0.2) is 9.59 Å². The molecule has 0 unspecified atom stereocenters. The number of carboxylic acid groups (broad SMARTS) is 2. The fourth-order valence-electron chi connectivity index (χ4n) is 2.36. The lowest BCUT2D eigenvalue weighted by Crippen LogP contribution is -2.20. The number of hydrogen-bond acceptors (Lipinski definition) is 4. The molecule has 0 aliphatic carbocycles. The summed E-state index contributed by atoms with van der Waals surface area (Å²) in [5.41, 5.74) is 0.000537. The van der Waals surface area contributed by atoms with Gasteiger partial charge in [-0.1, -0.05) is 26.0 Å². The molecule has 0 aliphatic rings. The van der Waals surface area contributed by atoms with E-state index in [1.807, 2.05) is 0 Å². The number of benzene rings is 2. The molecule has 0 radical (unpaired) electrons. The molecular weight excluding hydrogens is 300 g/mol. The molecule has 2 rings (SSSR count). The minimum atomic E-state index is -1.25. The van der Waals surface area contributed by atoms with Gasteiger partial charge in [0.25, 0.3) is 0 Å². The van der Waals surface area contributed by atoms with Crippen molar-refractivity contribution in [3.05, 3.63) is 58.7 Å². The molecule has 0 atom stereocenters. The molecule has 6 nitrogen and oxygen atoms in total. The molecule has 0 spiro atoms. The van der Waals surface area contributed by atoms with Gasteiger partial charge in [0.15, 0.2) is 0 Å². The average Bonchev–Trinajstić information content (AvgIpc) is 2.47. The smallest absolute Gasteiger partial charge is 0.339 e. The summed E-state index contributed by atoms with van der Waals surface area (Å²) in [6.45, 7) is 3.59. The third kappa shape index (κ3) is 2.96. The van der Waals surface area contributed by atoms with Crippen LogP contribution in [0.25, 0.3) is 0 Å². The van der Waals surface area contributed by atoms with Crippen LogP contribution in [0.5, 0.6) is 11.5 Å². The van der Waals surface area contributed by atoms with E-state index in [1.54, 1.807) is 26.0 Å². The minimum absolute atomic E-state index is 0.229. The van der Waals surface area contributed by atoms with Gasteiger partial charge >= 0.3 is 11.9 Å². The Morgan fingerprint density at radius 2 is 1.13 bits per heavy atom. The van der Waals surface area contributed by atoms with Crippen LogP contribution in [0.4, 0.5) is 0 Å². The van der Waals surface area contributed by atoms with Crippen LogP contribution >= 0.6 is 0 Å². The van der Waals surface area contributed by atoms with E-state index >= 15 is 0 Å². The van der Waals surface area contributed by atoms with E-state index < -0.39 is 17.4 Å².